The lowest BCUT2D eigenvalue weighted by atomic mass is 10.2. The molecule has 0 atom stereocenters. The highest BCUT2D eigenvalue weighted by Crippen LogP contribution is 2.19. The zero-order chi connectivity index (χ0) is 7.68. The highest BCUT2D eigenvalue weighted by atomic mass is 15.1. The Labute approximate surface area is 64.2 Å². The second-order valence-corrected chi connectivity index (χ2v) is 2.44. The van der Waals surface area contributed by atoms with Gasteiger partial charge in [-0.3, -0.25) is 5.10 Å². The molecule has 0 saturated heterocycles. The van der Waals surface area contributed by atoms with Crippen molar-refractivity contribution in [3.05, 3.63) is 23.5 Å². The van der Waals surface area contributed by atoms with Gasteiger partial charge in [0.2, 0.25) is 0 Å². The fourth-order valence-electron chi connectivity index (χ4n) is 0.958. The molecule has 11 heavy (non-hydrogen) atoms. The van der Waals surface area contributed by atoms with Crippen LogP contribution in [-0.2, 0) is 0 Å². The van der Waals surface area contributed by atoms with E-state index in [-0.39, 0.29) is 0 Å². The van der Waals surface area contributed by atoms with E-state index in [1.165, 1.54) is 0 Å². The average molecular weight is 145 g/mol. The lowest BCUT2D eigenvalue weighted by Crippen LogP contribution is -1.72. The Bertz CT molecular complexity index is 364. The molecule has 1 aromatic heterocycles. The van der Waals surface area contributed by atoms with E-state index in [0.717, 1.165) is 17.0 Å². The van der Waals surface area contributed by atoms with E-state index in [0.29, 0.717) is 0 Å². The van der Waals surface area contributed by atoms with Crippen molar-refractivity contribution < 1.29 is 0 Å². The quantitative estimate of drug-likeness (QED) is 0.592. The van der Waals surface area contributed by atoms with Gasteiger partial charge in [0, 0.05) is 6.08 Å². The fraction of sp³-hybridized carbons (Fsp3) is 0.125. The predicted octanol–water partition coefficient (Wildman–Crippen LogP) is 1.68. The summed E-state index contributed by atoms with van der Waals surface area (Å²) in [4.78, 5) is 4.05. The number of nitrogens with one attached hydrogen (secondary N) is 1. The molecule has 3 heteroatoms. The molecule has 0 saturated carbocycles. The summed E-state index contributed by atoms with van der Waals surface area (Å²) in [5.41, 5.74) is 2.92. The largest absolute Gasteiger partial charge is 0.276 e. The van der Waals surface area contributed by atoms with Gasteiger partial charge in [-0.2, -0.15) is 5.10 Å². The third kappa shape index (κ3) is 1.02. The monoisotopic (exact) mass is 145 g/mol. The smallest absolute Gasteiger partial charge is 0.118 e. The van der Waals surface area contributed by atoms with Gasteiger partial charge < -0.3 is 0 Å². The normalized spacial score (nSPS) is 14.1. The summed E-state index contributed by atoms with van der Waals surface area (Å²) in [6.45, 7) is 2.00. The van der Waals surface area contributed by atoms with Gasteiger partial charge in [0.25, 0.3) is 0 Å². The van der Waals surface area contributed by atoms with Crippen LogP contribution in [0.15, 0.2) is 22.8 Å². The molecule has 0 unspecified atom stereocenters. The van der Waals surface area contributed by atoms with E-state index >= 15 is 0 Å². The molecule has 0 aliphatic carbocycles. The molecule has 1 aromatic rings. The summed E-state index contributed by atoms with van der Waals surface area (Å²) in [6.07, 6.45) is 5.52. The van der Waals surface area contributed by atoms with Gasteiger partial charge in [-0.1, -0.05) is 0 Å². The Morgan fingerprint density at radius 1 is 1.55 bits per heavy atom. The van der Waals surface area contributed by atoms with E-state index < -0.39 is 0 Å². The average Bonchev–Trinajstić information content (AvgIpc) is 2.31. The summed E-state index contributed by atoms with van der Waals surface area (Å²) in [7, 11) is 0. The topological polar surface area (TPSA) is 41.0 Å². The maximum atomic E-state index is 4.05. The van der Waals surface area contributed by atoms with Crippen molar-refractivity contribution in [1.29, 1.82) is 0 Å². The minimum Gasteiger partial charge on any atom is -0.276 e. The third-order valence-corrected chi connectivity index (χ3v) is 1.50. The molecule has 2 rings (SSSR count). The molecule has 0 fully saturated rings. The molecule has 3 nitrogen and oxygen atoms in total. The van der Waals surface area contributed by atoms with Gasteiger partial charge in [0.05, 0.1) is 11.9 Å². The molecular weight excluding hydrogens is 138 g/mol. The molecule has 1 aliphatic heterocycles. The van der Waals surface area contributed by atoms with Gasteiger partial charge in [0.15, 0.2) is 0 Å². The van der Waals surface area contributed by atoms with Crippen molar-refractivity contribution in [2.45, 2.75) is 6.92 Å². The highest BCUT2D eigenvalue weighted by molar-refractivity contribution is 5.74. The molecular formula is C8H7N3. The van der Waals surface area contributed by atoms with Crippen molar-refractivity contribution in [2.75, 3.05) is 0 Å². The Hall–Kier alpha value is -1.60. The zero-order valence-corrected chi connectivity index (χ0v) is 6.13. The number of fused-ring (bicyclic) bond motifs is 1. The first-order valence-corrected chi connectivity index (χ1v) is 3.37. The van der Waals surface area contributed by atoms with Crippen molar-refractivity contribution >= 4 is 17.6 Å². The Balaban J connectivity index is 2.66. The molecule has 1 N–H and O–H groups in total. The Morgan fingerprint density at radius 3 is 3.36 bits per heavy atom. The number of hydrogen-bond acceptors (Lipinski definition) is 2. The van der Waals surface area contributed by atoms with Crippen molar-refractivity contribution in [2.24, 2.45) is 4.99 Å². The van der Waals surface area contributed by atoms with Gasteiger partial charge in [-0.15, -0.1) is 0 Å². The molecule has 2 heterocycles. The van der Waals surface area contributed by atoms with Crippen molar-refractivity contribution in [1.82, 2.24) is 10.2 Å². The molecule has 0 aromatic carbocycles. The van der Waals surface area contributed by atoms with E-state index in [9.17, 15) is 0 Å². The van der Waals surface area contributed by atoms with E-state index in [1.807, 2.05) is 19.1 Å². The van der Waals surface area contributed by atoms with Crippen LogP contribution < -0.4 is 0 Å². The fourth-order valence-corrected chi connectivity index (χ4v) is 0.958. The van der Waals surface area contributed by atoms with Crippen LogP contribution in [0.4, 0.5) is 5.69 Å². The van der Waals surface area contributed by atoms with Crippen LogP contribution in [0.25, 0.3) is 6.08 Å². The van der Waals surface area contributed by atoms with Crippen LogP contribution in [0.2, 0.25) is 0 Å². The van der Waals surface area contributed by atoms with Crippen LogP contribution in [0.1, 0.15) is 12.6 Å². The third-order valence-electron chi connectivity index (χ3n) is 1.50. The molecule has 0 amide bonds. The van der Waals surface area contributed by atoms with Gasteiger partial charge in [0.1, 0.15) is 5.69 Å². The lowest BCUT2D eigenvalue weighted by Gasteiger charge is -1.86. The highest BCUT2D eigenvalue weighted by Gasteiger charge is 2.01. The number of allylic oxidation sites excluding steroid dienone is 2. The number of H-pyrrole nitrogens is 1. The van der Waals surface area contributed by atoms with Crippen LogP contribution in [-0.4, -0.2) is 16.1 Å². The maximum Gasteiger partial charge on any atom is 0.118 e. The summed E-state index contributed by atoms with van der Waals surface area (Å²) < 4.78 is 0. The molecule has 0 bridgehead atoms. The lowest BCUT2D eigenvalue weighted by molar-refractivity contribution is 1.08. The van der Waals surface area contributed by atoms with E-state index in [1.54, 1.807) is 6.20 Å². The molecule has 1 aliphatic rings. The summed E-state index contributed by atoms with van der Waals surface area (Å²) in [5.74, 6) is 2.81. The number of hydrogen-bond donors (Lipinski definition) is 1. The van der Waals surface area contributed by atoms with Gasteiger partial charge in [-0.25, -0.2) is 4.99 Å². The second-order valence-electron chi connectivity index (χ2n) is 2.44. The molecule has 0 spiro atoms. The standard InChI is InChI=1S/C8H7N3/c1-6-2-3-9-8-5-10-11-7(8)4-6/h2,4-5H,1H3,(H,10,11). The zero-order valence-electron chi connectivity index (χ0n) is 6.13. The number of aliphatic imine (C=N–C) groups is 1. The maximum absolute atomic E-state index is 4.05. The minimum atomic E-state index is 0.845. The Kier molecular flexibility index (Phi) is 1.24. The van der Waals surface area contributed by atoms with Crippen molar-refractivity contribution in [3.63, 3.8) is 0 Å². The number of aromatic amines is 1. The predicted molar refractivity (Wildman–Crippen MR) is 43.9 cm³/mol. The van der Waals surface area contributed by atoms with Crippen molar-refractivity contribution in [3.8, 4) is 0 Å². The number of aromatic nitrogens is 2. The number of nitrogens with zero attached hydrogens (tertiary/aromatic N) is 2. The van der Waals surface area contributed by atoms with Crippen LogP contribution in [0.5, 0.6) is 0 Å². The van der Waals surface area contributed by atoms with Crippen LogP contribution >= 0.6 is 0 Å². The van der Waals surface area contributed by atoms with E-state index in [4.69, 9.17) is 0 Å². The first-order valence-electron chi connectivity index (χ1n) is 3.37. The van der Waals surface area contributed by atoms with E-state index in [2.05, 4.69) is 21.1 Å². The summed E-state index contributed by atoms with van der Waals surface area (Å²) in [5, 5.41) is 6.71. The SMILES string of the molecule is CC1=Cc2[nH]ncc2N=C=C1. The summed E-state index contributed by atoms with van der Waals surface area (Å²) >= 11 is 0. The van der Waals surface area contributed by atoms with Crippen LogP contribution in [0.3, 0.4) is 0 Å². The molecule has 0 radical (unpaired) electrons. The molecule has 54 valence electrons. The first-order chi connectivity index (χ1) is 5.36. The van der Waals surface area contributed by atoms with Gasteiger partial charge in [-0.05, 0) is 24.4 Å². The number of rotatable bonds is 0. The Morgan fingerprint density at radius 2 is 2.45 bits per heavy atom. The second kappa shape index (κ2) is 2.22. The van der Waals surface area contributed by atoms with Crippen LogP contribution in [0, 0.1) is 0 Å². The summed E-state index contributed by atoms with van der Waals surface area (Å²) in [6, 6.07) is 0. The van der Waals surface area contributed by atoms with Gasteiger partial charge >= 0.3 is 0 Å². The first kappa shape index (κ1) is 6.13. The minimum absolute atomic E-state index is 0.845.